The summed E-state index contributed by atoms with van der Waals surface area (Å²) in [5, 5.41) is 20.4. The van der Waals surface area contributed by atoms with Gasteiger partial charge >= 0.3 is 14.6 Å². The van der Waals surface area contributed by atoms with E-state index >= 15 is 0 Å². The van der Waals surface area contributed by atoms with Crippen molar-refractivity contribution in [2.75, 3.05) is 12.3 Å². The Kier molecular flexibility index (Phi) is 6.10. The van der Waals surface area contributed by atoms with Crippen LogP contribution in [-0.4, -0.2) is 69.3 Å². The van der Waals surface area contributed by atoms with Crippen LogP contribution in [0.15, 0.2) is 12.7 Å². The summed E-state index contributed by atoms with van der Waals surface area (Å²) in [4.78, 5) is 38.2. The van der Waals surface area contributed by atoms with Crippen LogP contribution >= 0.6 is 26.3 Å². The lowest BCUT2D eigenvalue weighted by Crippen LogP contribution is -2.33. The highest BCUT2D eigenvalue weighted by Crippen LogP contribution is 2.65. The predicted octanol–water partition coefficient (Wildman–Crippen LogP) is -1.10. The quantitative estimate of drug-likeness (QED) is 0.213. The number of aromatic nitrogens is 4. The number of hydrogen-bond donors (Lipinski definition) is 6. The summed E-state index contributed by atoms with van der Waals surface area (Å²) in [5.41, 5.74) is 6.20. The molecule has 0 saturated carbocycles. The van der Waals surface area contributed by atoms with Crippen molar-refractivity contribution in [2.24, 2.45) is 0 Å². The minimum absolute atomic E-state index is 0.108. The fourth-order valence-corrected chi connectivity index (χ4v) is 5.59. The van der Waals surface area contributed by atoms with Gasteiger partial charge in [-0.05, 0) is 0 Å². The molecule has 28 heavy (non-hydrogen) atoms. The lowest BCUT2D eigenvalue weighted by atomic mass is 10.1. The van der Waals surface area contributed by atoms with Gasteiger partial charge in [0.05, 0.1) is 12.9 Å². The summed E-state index contributed by atoms with van der Waals surface area (Å²) in [6, 6.07) is 0. The first kappa shape index (κ1) is 21.5. The van der Waals surface area contributed by atoms with Gasteiger partial charge in [0.25, 0.3) is 0 Å². The fourth-order valence-electron chi connectivity index (χ4n) is 2.47. The highest BCUT2D eigenvalue weighted by molar-refractivity contribution is 8.52. The lowest BCUT2D eigenvalue weighted by molar-refractivity contribution is -0.0452. The number of nitrogens with zero attached hydrogens (tertiary/aromatic N) is 4. The summed E-state index contributed by atoms with van der Waals surface area (Å²) in [7, 11) is -5.21. The Balaban J connectivity index is 1.67. The van der Waals surface area contributed by atoms with Gasteiger partial charge in [-0.15, -0.1) is 0 Å². The van der Waals surface area contributed by atoms with Gasteiger partial charge in [-0.3, -0.25) is 4.57 Å². The Bertz CT molecular complexity index is 954. The van der Waals surface area contributed by atoms with Gasteiger partial charge in [-0.25, -0.2) is 24.1 Å². The molecule has 0 radical (unpaired) electrons. The van der Waals surface area contributed by atoms with Crippen molar-refractivity contribution >= 4 is 43.3 Å². The van der Waals surface area contributed by atoms with E-state index in [9.17, 15) is 24.2 Å². The predicted molar refractivity (Wildman–Crippen MR) is 92.2 cm³/mol. The molecule has 0 spiro atoms. The van der Waals surface area contributed by atoms with Crippen molar-refractivity contribution in [3.63, 3.8) is 0 Å². The van der Waals surface area contributed by atoms with Gasteiger partial charge in [0.1, 0.15) is 41.8 Å². The number of ether oxygens (including phenoxy) is 1. The molecule has 7 N–H and O–H groups in total. The van der Waals surface area contributed by atoms with E-state index in [1.807, 2.05) is 0 Å². The van der Waals surface area contributed by atoms with Crippen LogP contribution in [0.1, 0.15) is 6.23 Å². The standard InChI is InChI=1S/C10H15N5O10P2S/c11-8-5-9(13-2-12-8)15(3-14-5)10-7(17)6(16)4(24-10)1-23-28-27(21,22)25-26(18,19)20/h2-4,6-7,10,16-17H,1H2,(H,21,22)(H2,11,12,13)(H2,18,19,20)/t4-,6?,7?,10-/m1/s1. The van der Waals surface area contributed by atoms with Gasteiger partial charge in [0.2, 0.25) is 0 Å². The molecule has 0 aromatic carbocycles. The minimum Gasteiger partial charge on any atom is -0.387 e. The van der Waals surface area contributed by atoms with Gasteiger partial charge in [-0.2, -0.15) is 4.31 Å². The average molecular weight is 459 g/mol. The Morgan fingerprint density at radius 3 is 2.61 bits per heavy atom. The molecule has 15 nitrogen and oxygen atoms in total. The van der Waals surface area contributed by atoms with E-state index < -0.39 is 45.8 Å². The van der Waals surface area contributed by atoms with Crippen LogP contribution in [0.4, 0.5) is 5.82 Å². The van der Waals surface area contributed by atoms with Gasteiger partial charge < -0.3 is 39.5 Å². The first-order valence-corrected chi connectivity index (χ1v) is 11.8. The molecule has 1 saturated heterocycles. The number of fused-ring (bicyclic) bond motifs is 1. The molecule has 156 valence electrons. The molecule has 1 aliphatic heterocycles. The van der Waals surface area contributed by atoms with Gasteiger partial charge in [-0.1, -0.05) is 0 Å². The van der Waals surface area contributed by atoms with Gasteiger partial charge in [0.15, 0.2) is 17.7 Å². The number of imidazole rings is 1. The first-order valence-electron chi connectivity index (χ1n) is 7.34. The van der Waals surface area contributed by atoms with Crippen LogP contribution in [0.2, 0.25) is 0 Å². The van der Waals surface area contributed by atoms with Gasteiger partial charge in [0, 0.05) is 0 Å². The summed E-state index contributed by atoms with van der Waals surface area (Å²) in [6.07, 6.45) is -2.70. The van der Waals surface area contributed by atoms with Crippen molar-refractivity contribution in [3.05, 3.63) is 12.7 Å². The number of nitrogens with two attached hydrogens (primary N) is 1. The second kappa shape index (κ2) is 7.93. The normalized spacial score (nSPS) is 27.9. The third-order valence-electron chi connectivity index (χ3n) is 3.59. The lowest BCUT2D eigenvalue weighted by Gasteiger charge is -2.16. The van der Waals surface area contributed by atoms with Crippen LogP contribution in [0.5, 0.6) is 0 Å². The summed E-state index contributed by atoms with van der Waals surface area (Å²) in [6.45, 7) is -5.34. The average Bonchev–Trinajstić information content (AvgIpc) is 3.10. The molecule has 2 aromatic heterocycles. The topological polar surface area (TPSA) is 233 Å². The number of rotatable bonds is 7. The van der Waals surface area contributed by atoms with Crippen molar-refractivity contribution in [1.82, 2.24) is 19.5 Å². The zero-order valence-electron chi connectivity index (χ0n) is 13.6. The summed E-state index contributed by atoms with van der Waals surface area (Å²) >= 11 is -0.233. The van der Waals surface area contributed by atoms with E-state index in [4.69, 9.17) is 24.4 Å². The monoisotopic (exact) mass is 459 g/mol. The smallest absolute Gasteiger partial charge is 0.387 e. The fraction of sp³-hybridized carbons (Fsp3) is 0.500. The molecule has 3 rings (SSSR count). The van der Waals surface area contributed by atoms with Crippen LogP contribution in [0.3, 0.4) is 0 Å². The van der Waals surface area contributed by atoms with E-state index in [0.29, 0.717) is 0 Å². The molecule has 2 aromatic rings. The third-order valence-corrected chi connectivity index (χ3v) is 7.17. The first-order chi connectivity index (χ1) is 13.0. The third kappa shape index (κ3) is 4.69. The van der Waals surface area contributed by atoms with E-state index in [1.54, 1.807) is 0 Å². The van der Waals surface area contributed by atoms with Crippen molar-refractivity contribution in [3.8, 4) is 0 Å². The SMILES string of the molecule is Nc1ncnc2c1ncn2[C@@H]1O[C@H](COSP(=O)(O)OP(=O)(O)O)C(O)C1O. The van der Waals surface area contributed by atoms with Crippen LogP contribution in [0, 0.1) is 0 Å². The Morgan fingerprint density at radius 2 is 1.93 bits per heavy atom. The minimum atomic E-state index is -5.21. The molecule has 1 fully saturated rings. The highest BCUT2D eigenvalue weighted by atomic mass is 32.7. The van der Waals surface area contributed by atoms with Crippen LogP contribution in [0.25, 0.3) is 11.2 Å². The zero-order chi connectivity index (χ0) is 20.7. The molecule has 3 unspecified atom stereocenters. The number of nitrogen functional groups attached to an aromatic ring is 1. The number of phosphoric acid groups is 1. The Morgan fingerprint density at radius 1 is 1.21 bits per heavy atom. The highest BCUT2D eigenvalue weighted by Gasteiger charge is 2.45. The molecule has 5 atom stereocenters. The van der Waals surface area contributed by atoms with Crippen LogP contribution < -0.4 is 5.73 Å². The molecule has 18 heteroatoms. The maximum Gasteiger partial charge on any atom is 0.477 e. The molecule has 0 amide bonds. The molecular formula is C10H15N5O10P2S. The van der Waals surface area contributed by atoms with Crippen molar-refractivity contribution in [1.29, 1.82) is 0 Å². The number of aliphatic hydroxyl groups excluding tert-OH is 2. The summed E-state index contributed by atoms with van der Waals surface area (Å²) < 4.78 is 37.4. The van der Waals surface area contributed by atoms with E-state index in [2.05, 4.69) is 19.3 Å². The largest absolute Gasteiger partial charge is 0.477 e. The Labute approximate surface area is 160 Å². The molecule has 3 heterocycles. The number of anilines is 1. The maximum atomic E-state index is 11.5. The Hall–Kier alpha value is -1.16. The van der Waals surface area contributed by atoms with E-state index in [0.717, 1.165) is 0 Å². The molecular weight excluding hydrogens is 444 g/mol. The van der Waals surface area contributed by atoms with E-state index in [-0.39, 0.29) is 28.6 Å². The van der Waals surface area contributed by atoms with Crippen molar-refractivity contribution in [2.45, 2.75) is 24.5 Å². The summed E-state index contributed by atoms with van der Waals surface area (Å²) in [5.74, 6) is 0.108. The molecule has 0 bridgehead atoms. The number of aliphatic hydroxyl groups is 2. The molecule has 0 aliphatic carbocycles. The number of hydrogen-bond acceptors (Lipinski definition) is 12. The zero-order valence-corrected chi connectivity index (χ0v) is 16.2. The second-order valence-corrected chi connectivity index (χ2v) is 10.3. The van der Waals surface area contributed by atoms with Crippen LogP contribution in [-0.2, 0) is 22.4 Å². The van der Waals surface area contributed by atoms with Crippen molar-refractivity contribution < 1.29 is 47.3 Å². The maximum absolute atomic E-state index is 11.5. The second-order valence-electron chi connectivity index (χ2n) is 5.53. The molecule has 1 aliphatic rings. The van der Waals surface area contributed by atoms with E-state index in [1.165, 1.54) is 17.2 Å².